The second kappa shape index (κ2) is 19.4. The average molecular weight is 792 g/mol. The van der Waals surface area contributed by atoms with Crippen molar-refractivity contribution >= 4 is 41.5 Å². The quantitative estimate of drug-likeness (QED) is 0.0600. The molecular weight excluding hydrogens is 751 g/mol. The van der Waals surface area contributed by atoms with Gasteiger partial charge in [0.15, 0.2) is 5.75 Å². The first-order chi connectivity index (χ1) is 26.1. The predicted octanol–water partition coefficient (Wildman–Crippen LogP) is 9.69. The first-order valence-corrected chi connectivity index (χ1v) is 17.3. The van der Waals surface area contributed by atoms with Crippen molar-refractivity contribution in [3.05, 3.63) is 131 Å². The Balaban J connectivity index is 0.00000696. The van der Waals surface area contributed by atoms with E-state index in [4.69, 9.17) is 19.3 Å². The van der Waals surface area contributed by atoms with Crippen molar-refractivity contribution in [1.29, 1.82) is 0 Å². The van der Waals surface area contributed by atoms with Gasteiger partial charge in [0, 0.05) is 25.1 Å². The van der Waals surface area contributed by atoms with Crippen LogP contribution in [0.5, 0.6) is 17.2 Å². The number of carbonyl (C=O) groups is 1. The summed E-state index contributed by atoms with van der Waals surface area (Å²) in [6, 6.07) is 22.0. The van der Waals surface area contributed by atoms with Crippen LogP contribution in [0, 0.1) is 0 Å². The Hall–Kier alpha value is -4.79. The molecule has 4 aromatic carbocycles. The van der Waals surface area contributed by atoms with Crippen LogP contribution < -0.4 is 19.1 Å². The number of aromatic nitrogens is 2. The molecule has 0 spiro atoms. The number of rotatable bonds is 16. The summed E-state index contributed by atoms with van der Waals surface area (Å²) in [5.41, 5.74) is 0.713. The van der Waals surface area contributed by atoms with Gasteiger partial charge in [0.2, 0.25) is 5.95 Å². The summed E-state index contributed by atoms with van der Waals surface area (Å²) in [4.78, 5) is 21.1. The minimum absolute atomic E-state index is 0. The molecule has 0 aliphatic heterocycles. The Labute approximate surface area is 342 Å². The molecule has 8 nitrogen and oxygen atoms in total. The fraction of sp³-hybridized carbons (Fsp3) is 0.293. The van der Waals surface area contributed by atoms with Gasteiger partial charge in [-0.3, -0.25) is 4.79 Å². The molecule has 0 amide bonds. The molecule has 0 saturated carbocycles. The zero-order valence-electron chi connectivity index (χ0n) is 30.2. The van der Waals surface area contributed by atoms with Crippen LogP contribution in [0.3, 0.4) is 0 Å². The monoisotopic (exact) mass is 791 g/mol. The Bertz CT molecular complexity index is 2030. The number of anilines is 1. The Morgan fingerprint density at radius 1 is 0.768 bits per heavy atom. The van der Waals surface area contributed by atoms with Gasteiger partial charge < -0.3 is 24.2 Å². The van der Waals surface area contributed by atoms with Gasteiger partial charge in [-0.25, -0.2) is 9.97 Å². The number of alkyl halides is 6. The number of aliphatic carboxylic acids is 1. The van der Waals surface area contributed by atoms with Crippen LogP contribution in [-0.2, 0) is 36.8 Å². The summed E-state index contributed by atoms with van der Waals surface area (Å²) in [5, 5.41) is 8.91. The molecule has 0 radical (unpaired) electrons. The van der Waals surface area contributed by atoms with Crippen LogP contribution in [-0.4, -0.2) is 64.3 Å². The van der Waals surface area contributed by atoms with Gasteiger partial charge in [-0.1, -0.05) is 56.3 Å². The van der Waals surface area contributed by atoms with Crippen molar-refractivity contribution in [2.24, 2.45) is 0 Å². The molecule has 1 aromatic heterocycles. The number of hydrogen-bond acceptors (Lipinski definition) is 7. The number of methoxy groups -OCH3 is 1. The molecule has 0 aliphatic carbocycles. The summed E-state index contributed by atoms with van der Waals surface area (Å²) in [7, 11) is 1.53. The summed E-state index contributed by atoms with van der Waals surface area (Å²) in [6.45, 7) is 3.81. The summed E-state index contributed by atoms with van der Waals surface area (Å²) in [6.07, 6.45) is -7.39. The van der Waals surface area contributed by atoms with E-state index >= 15 is 0 Å². The maximum atomic E-state index is 13.9. The average Bonchev–Trinajstić information content (AvgIpc) is 3.15. The zero-order chi connectivity index (χ0) is 39.8. The predicted molar refractivity (Wildman–Crippen MR) is 201 cm³/mol. The second-order valence-corrected chi connectivity index (χ2v) is 13.0. The van der Waals surface area contributed by atoms with Crippen molar-refractivity contribution < 1.29 is 50.5 Å². The topological polar surface area (TPSA) is 94.0 Å². The number of carboxylic acids is 1. The SMILES string of the molecule is COc1ccc(C(C)C)cc1-c1ccc(OCc2ccccc2)cc1CN(Cc1cc(C(F)(F)F)cc(C(F)(F)F)c1)c1ncc(OCCCC(=O)O)cn1.[NaH]. The van der Waals surface area contributed by atoms with Gasteiger partial charge in [0.1, 0.15) is 18.1 Å². The molecule has 0 bridgehead atoms. The summed E-state index contributed by atoms with van der Waals surface area (Å²) in [5.74, 6) is 0.346. The molecular formula is C41H40F6N3NaO5. The molecule has 292 valence electrons. The van der Waals surface area contributed by atoms with Crippen LogP contribution in [0.1, 0.15) is 66.0 Å². The second-order valence-electron chi connectivity index (χ2n) is 13.0. The van der Waals surface area contributed by atoms with E-state index in [0.717, 1.165) is 11.1 Å². The molecule has 5 rings (SSSR count). The third-order valence-electron chi connectivity index (χ3n) is 8.59. The van der Waals surface area contributed by atoms with E-state index in [1.54, 1.807) is 12.1 Å². The molecule has 1 heterocycles. The van der Waals surface area contributed by atoms with Crippen molar-refractivity contribution in [2.75, 3.05) is 18.6 Å². The van der Waals surface area contributed by atoms with E-state index in [0.29, 0.717) is 40.3 Å². The van der Waals surface area contributed by atoms with E-state index in [1.807, 2.05) is 68.4 Å². The van der Waals surface area contributed by atoms with Crippen molar-refractivity contribution in [1.82, 2.24) is 9.97 Å². The number of ether oxygens (including phenoxy) is 3. The normalized spacial score (nSPS) is 11.5. The van der Waals surface area contributed by atoms with Gasteiger partial charge >= 0.3 is 47.9 Å². The van der Waals surface area contributed by atoms with E-state index in [1.165, 1.54) is 24.4 Å². The molecule has 1 N–H and O–H groups in total. The molecule has 5 aromatic rings. The molecule has 0 unspecified atom stereocenters. The van der Waals surface area contributed by atoms with Crippen LogP contribution in [0.2, 0.25) is 0 Å². The Kier molecular flexibility index (Phi) is 15.2. The van der Waals surface area contributed by atoms with Crippen molar-refractivity contribution in [3.8, 4) is 28.4 Å². The van der Waals surface area contributed by atoms with Crippen molar-refractivity contribution in [3.63, 3.8) is 0 Å². The van der Waals surface area contributed by atoms with Gasteiger partial charge in [0.25, 0.3) is 0 Å². The third kappa shape index (κ3) is 12.1. The number of hydrogen-bond donors (Lipinski definition) is 1. The Morgan fingerprint density at radius 3 is 2.02 bits per heavy atom. The first kappa shape index (κ1) is 43.9. The third-order valence-corrected chi connectivity index (χ3v) is 8.59. The first-order valence-electron chi connectivity index (χ1n) is 17.3. The van der Waals surface area contributed by atoms with E-state index in [-0.39, 0.29) is 91.4 Å². The number of nitrogens with zero attached hydrogens (tertiary/aromatic N) is 3. The Morgan fingerprint density at radius 2 is 1.43 bits per heavy atom. The van der Waals surface area contributed by atoms with E-state index in [2.05, 4.69) is 9.97 Å². The maximum absolute atomic E-state index is 13.9. The van der Waals surface area contributed by atoms with Crippen LogP contribution in [0.4, 0.5) is 32.3 Å². The number of carboxylic acid groups (broad SMARTS) is 1. The summed E-state index contributed by atoms with van der Waals surface area (Å²) < 4.78 is 101. The molecule has 15 heteroatoms. The minimum atomic E-state index is -5.05. The number of benzene rings is 4. The van der Waals surface area contributed by atoms with E-state index < -0.39 is 36.0 Å². The van der Waals surface area contributed by atoms with Gasteiger partial charge in [0.05, 0.1) is 37.2 Å². The fourth-order valence-electron chi connectivity index (χ4n) is 5.78. The van der Waals surface area contributed by atoms with Gasteiger partial charge in [-0.05, 0) is 82.6 Å². The van der Waals surface area contributed by atoms with Gasteiger partial charge in [-0.2, -0.15) is 26.3 Å². The molecule has 0 aliphatic rings. The van der Waals surface area contributed by atoms with Crippen LogP contribution in [0.15, 0.2) is 97.3 Å². The van der Waals surface area contributed by atoms with Crippen LogP contribution >= 0.6 is 0 Å². The molecule has 0 atom stereocenters. The standard InChI is InChI=1S/C41H39F6N3O5.Na.H/c1-26(2)29-11-14-37(53-3)36(19-29)35-13-12-33(55-25-27-8-5-4-6-9-27)18-30(35)24-50(39-48-21-34(22-49-39)54-15-7-10-38(51)52)23-28-16-31(40(42,43)44)20-32(17-28)41(45,46)47;;/h4-6,8-9,11-14,16-22,26H,7,10,15,23-25H2,1-3H3,(H,51,52);;. The molecule has 0 fully saturated rings. The molecule has 0 saturated heterocycles. The molecule has 56 heavy (non-hydrogen) atoms. The zero-order valence-corrected chi connectivity index (χ0v) is 30.2. The van der Waals surface area contributed by atoms with E-state index in [9.17, 15) is 31.1 Å². The van der Waals surface area contributed by atoms with Crippen molar-refractivity contribution in [2.45, 2.75) is 64.7 Å². The number of halogens is 6. The summed E-state index contributed by atoms with van der Waals surface area (Å²) >= 11 is 0. The van der Waals surface area contributed by atoms with Gasteiger partial charge in [-0.15, -0.1) is 0 Å². The van der Waals surface area contributed by atoms with Crippen LogP contribution in [0.25, 0.3) is 11.1 Å². The fourth-order valence-corrected chi connectivity index (χ4v) is 5.78.